The average Bonchev–Trinajstić information content (AvgIpc) is 2.48. The summed E-state index contributed by atoms with van der Waals surface area (Å²) in [6, 6.07) is 9.59. The highest BCUT2D eigenvalue weighted by Gasteiger charge is 2.08. The molecule has 3 nitrogen and oxygen atoms in total. The van der Waals surface area contributed by atoms with E-state index in [4.69, 9.17) is 4.74 Å². The highest BCUT2D eigenvalue weighted by Crippen LogP contribution is 2.11. The summed E-state index contributed by atoms with van der Waals surface area (Å²) in [6.45, 7) is 5.61. The first-order chi connectivity index (χ1) is 9.76. The fraction of sp³-hybridized carbons (Fsp3) is 0.588. The minimum Gasteiger partial charge on any atom is -0.493 e. The van der Waals surface area contributed by atoms with Gasteiger partial charge in [-0.1, -0.05) is 51.3 Å². The van der Waals surface area contributed by atoms with Crippen molar-refractivity contribution in [2.75, 3.05) is 13.2 Å². The standard InChI is InChI=1S/C17H27NO2/c1-3-5-9-15(4-2)14-18-17(19)12-13-20-16-10-7-6-8-11-16/h6-8,10-11,15H,3-5,9,12-14H2,1-2H3,(H,18,19). The lowest BCUT2D eigenvalue weighted by molar-refractivity contribution is -0.121. The van der Waals surface area contributed by atoms with E-state index in [2.05, 4.69) is 19.2 Å². The Kier molecular flexibility index (Phi) is 8.52. The highest BCUT2D eigenvalue weighted by molar-refractivity contribution is 5.75. The van der Waals surface area contributed by atoms with Gasteiger partial charge in [0, 0.05) is 6.54 Å². The summed E-state index contributed by atoms with van der Waals surface area (Å²) < 4.78 is 5.51. The van der Waals surface area contributed by atoms with E-state index in [1.165, 1.54) is 19.3 Å². The molecule has 3 heteroatoms. The maximum Gasteiger partial charge on any atom is 0.223 e. The van der Waals surface area contributed by atoms with Crippen LogP contribution in [0.2, 0.25) is 0 Å². The van der Waals surface area contributed by atoms with Crippen LogP contribution in [0, 0.1) is 5.92 Å². The van der Waals surface area contributed by atoms with Crippen molar-refractivity contribution in [1.82, 2.24) is 5.32 Å². The van der Waals surface area contributed by atoms with Crippen LogP contribution in [0.4, 0.5) is 0 Å². The zero-order valence-corrected chi connectivity index (χ0v) is 12.7. The van der Waals surface area contributed by atoms with Crippen LogP contribution in [-0.2, 0) is 4.79 Å². The number of nitrogens with one attached hydrogen (secondary N) is 1. The Hall–Kier alpha value is -1.51. The molecule has 0 bridgehead atoms. The number of carbonyl (C=O) groups is 1. The van der Waals surface area contributed by atoms with E-state index in [9.17, 15) is 4.79 Å². The third-order valence-corrected chi connectivity index (χ3v) is 3.47. The summed E-state index contributed by atoms with van der Waals surface area (Å²) >= 11 is 0. The van der Waals surface area contributed by atoms with E-state index in [1.54, 1.807) is 0 Å². The van der Waals surface area contributed by atoms with Crippen molar-refractivity contribution >= 4 is 5.91 Å². The van der Waals surface area contributed by atoms with Crippen LogP contribution in [0.5, 0.6) is 5.75 Å². The van der Waals surface area contributed by atoms with Gasteiger partial charge in [0.15, 0.2) is 0 Å². The van der Waals surface area contributed by atoms with Crippen LogP contribution in [-0.4, -0.2) is 19.1 Å². The van der Waals surface area contributed by atoms with E-state index in [0.717, 1.165) is 18.7 Å². The van der Waals surface area contributed by atoms with Crippen molar-refractivity contribution in [2.24, 2.45) is 5.92 Å². The van der Waals surface area contributed by atoms with Crippen molar-refractivity contribution in [1.29, 1.82) is 0 Å². The number of rotatable bonds is 10. The fourth-order valence-corrected chi connectivity index (χ4v) is 2.07. The zero-order chi connectivity index (χ0) is 14.6. The molecule has 0 aliphatic rings. The minimum atomic E-state index is 0.0795. The van der Waals surface area contributed by atoms with Crippen LogP contribution in [0.3, 0.4) is 0 Å². The average molecular weight is 277 g/mol. The molecule has 0 saturated carbocycles. The van der Waals surface area contributed by atoms with Crippen molar-refractivity contribution < 1.29 is 9.53 Å². The maximum atomic E-state index is 11.7. The maximum absolute atomic E-state index is 11.7. The Balaban J connectivity index is 2.13. The number of amides is 1. The van der Waals surface area contributed by atoms with Gasteiger partial charge in [0.1, 0.15) is 5.75 Å². The second kappa shape index (κ2) is 10.3. The zero-order valence-electron chi connectivity index (χ0n) is 12.7. The minimum absolute atomic E-state index is 0.0795. The fourth-order valence-electron chi connectivity index (χ4n) is 2.07. The van der Waals surface area contributed by atoms with Gasteiger partial charge >= 0.3 is 0 Å². The van der Waals surface area contributed by atoms with Crippen molar-refractivity contribution in [3.05, 3.63) is 30.3 Å². The summed E-state index contributed by atoms with van der Waals surface area (Å²) in [4.78, 5) is 11.7. The van der Waals surface area contributed by atoms with E-state index in [0.29, 0.717) is 18.9 Å². The number of hydrogen-bond acceptors (Lipinski definition) is 2. The first-order valence-electron chi connectivity index (χ1n) is 7.70. The van der Waals surface area contributed by atoms with Gasteiger partial charge in [-0.15, -0.1) is 0 Å². The highest BCUT2D eigenvalue weighted by atomic mass is 16.5. The van der Waals surface area contributed by atoms with Gasteiger partial charge in [-0.05, 0) is 24.5 Å². The molecule has 1 aromatic rings. The normalized spacial score (nSPS) is 11.9. The SMILES string of the molecule is CCCCC(CC)CNC(=O)CCOc1ccccc1. The molecule has 0 saturated heterocycles. The lowest BCUT2D eigenvalue weighted by Crippen LogP contribution is -2.30. The van der Waals surface area contributed by atoms with Crippen molar-refractivity contribution in [3.63, 3.8) is 0 Å². The Bertz CT molecular complexity index is 365. The summed E-state index contributed by atoms with van der Waals surface area (Å²) in [7, 11) is 0. The second-order valence-electron chi connectivity index (χ2n) is 5.13. The summed E-state index contributed by atoms with van der Waals surface area (Å²) in [5, 5.41) is 3.01. The molecule has 0 radical (unpaired) electrons. The largest absolute Gasteiger partial charge is 0.493 e. The van der Waals surface area contributed by atoms with Gasteiger partial charge < -0.3 is 10.1 Å². The van der Waals surface area contributed by atoms with Gasteiger partial charge in [-0.3, -0.25) is 4.79 Å². The Labute approximate surface area is 122 Å². The Morgan fingerprint density at radius 2 is 2.00 bits per heavy atom. The molecule has 1 aromatic carbocycles. The number of ether oxygens (including phenoxy) is 1. The molecule has 1 unspecified atom stereocenters. The molecule has 1 amide bonds. The van der Waals surface area contributed by atoms with Crippen LogP contribution in [0.25, 0.3) is 0 Å². The summed E-state index contributed by atoms with van der Waals surface area (Å²) in [5.41, 5.74) is 0. The third-order valence-electron chi connectivity index (χ3n) is 3.47. The predicted molar refractivity (Wildman–Crippen MR) is 82.9 cm³/mol. The van der Waals surface area contributed by atoms with Crippen LogP contribution >= 0.6 is 0 Å². The number of benzene rings is 1. The second-order valence-corrected chi connectivity index (χ2v) is 5.13. The molecule has 1 atom stereocenters. The van der Waals surface area contributed by atoms with Gasteiger partial charge in [0.25, 0.3) is 0 Å². The molecule has 0 aromatic heterocycles. The van der Waals surface area contributed by atoms with Crippen LogP contribution in [0.1, 0.15) is 46.0 Å². The Morgan fingerprint density at radius 1 is 1.25 bits per heavy atom. The molecule has 0 spiro atoms. The predicted octanol–water partition coefficient (Wildman–Crippen LogP) is 3.79. The first-order valence-corrected chi connectivity index (χ1v) is 7.70. The smallest absolute Gasteiger partial charge is 0.223 e. The quantitative estimate of drug-likeness (QED) is 0.706. The van der Waals surface area contributed by atoms with E-state index in [1.807, 2.05) is 30.3 Å². The molecule has 0 fully saturated rings. The monoisotopic (exact) mass is 277 g/mol. The topological polar surface area (TPSA) is 38.3 Å². The lowest BCUT2D eigenvalue weighted by atomic mass is 9.99. The molecule has 1 N–H and O–H groups in total. The molecule has 0 aliphatic heterocycles. The number of hydrogen-bond donors (Lipinski definition) is 1. The number of carbonyl (C=O) groups excluding carboxylic acids is 1. The lowest BCUT2D eigenvalue weighted by Gasteiger charge is -2.15. The molecular formula is C17H27NO2. The summed E-state index contributed by atoms with van der Waals surface area (Å²) in [5.74, 6) is 1.50. The van der Waals surface area contributed by atoms with Gasteiger partial charge in [0.05, 0.1) is 13.0 Å². The van der Waals surface area contributed by atoms with Crippen LogP contribution < -0.4 is 10.1 Å². The first kappa shape index (κ1) is 16.5. The molecule has 112 valence electrons. The van der Waals surface area contributed by atoms with E-state index < -0.39 is 0 Å². The van der Waals surface area contributed by atoms with Gasteiger partial charge in [0.2, 0.25) is 5.91 Å². The molecule has 0 heterocycles. The number of unbranched alkanes of at least 4 members (excludes halogenated alkanes) is 1. The molecule has 1 rings (SSSR count). The van der Waals surface area contributed by atoms with Crippen LogP contribution in [0.15, 0.2) is 30.3 Å². The van der Waals surface area contributed by atoms with E-state index >= 15 is 0 Å². The number of para-hydroxylation sites is 1. The Morgan fingerprint density at radius 3 is 2.65 bits per heavy atom. The molecule has 0 aliphatic carbocycles. The van der Waals surface area contributed by atoms with Gasteiger partial charge in [-0.25, -0.2) is 0 Å². The van der Waals surface area contributed by atoms with E-state index in [-0.39, 0.29) is 5.91 Å². The van der Waals surface area contributed by atoms with Crippen molar-refractivity contribution in [2.45, 2.75) is 46.0 Å². The van der Waals surface area contributed by atoms with Crippen molar-refractivity contribution in [3.8, 4) is 5.75 Å². The van der Waals surface area contributed by atoms with Gasteiger partial charge in [-0.2, -0.15) is 0 Å². The molecule has 20 heavy (non-hydrogen) atoms. The summed E-state index contributed by atoms with van der Waals surface area (Å²) in [6.07, 6.45) is 5.20. The third kappa shape index (κ3) is 7.17. The molecular weight excluding hydrogens is 250 g/mol.